The summed E-state index contributed by atoms with van der Waals surface area (Å²) in [5.74, 6) is 0. The molecule has 5 heteroatoms. The Hall–Kier alpha value is -0.200. The number of likely N-dealkylation sites (tertiary alicyclic amines) is 1. The molecule has 2 heterocycles. The van der Waals surface area contributed by atoms with E-state index >= 15 is 0 Å². The van der Waals surface area contributed by atoms with Crippen LogP contribution in [0.25, 0.3) is 0 Å². The Labute approximate surface area is 110 Å². The van der Waals surface area contributed by atoms with Crippen molar-refractivity contribution >= 4 is 0 Å². The van der Waals surface area contributed by atoms with E-state index in [-0.39, 0.29) is 0 Å². The highest BCUT2D eigenvalue weighted by molar-refractivity contribution is 4.88. The van der Waals surface area contributed by atoms with Crippen molar-refractivity contribution < 1.29 is 9.47 Å². The number of morpholine rings is 1. The zero-order valence-corrected chi connectivity index (χ0v) is 11.7. The minimum absolute atomic E-state index is 0.506. The molecule has 0 aromatic heterocycles. The van der Waals surface area contributed by atoms with Crippen LogP contribution in [0.1, 0.15) is 6.42 Å². The standard InChI is InChI=1S/C13H27N3O2/c1-14-9-13(11-17-2)16-4-3-12(10-16)15-5-7-18-8-6-15/h12-14H,3-11H2,1-2H3. The summed E-state index contributed by atoms with van der Waals surface area (Å²) in [7, 11) is 3.80. The molecule has 2 rings (SSSR count). The highest BCUT2D eigenvalue weighted by atomic mass is 16.5. The van der Waals surface area contributed by atoms with E-state index in [0.717, 1.165) is 39.5 Å². The normalized spacial score (nSPS) is 28.7. The highest BCUT2D eigenvalue weighted by Crippen LogP contribution is 2.19. The lowest BCUT2D eigenvalue weighted by molar-refractivity contribution is 0.0162. The molecule has 2 aliphatic rings. The molecule has 2 aliphatic heterocycles. The summed E-state index contributed by atoms with van der Waals surface area (Å²) < 4.78 is 10.8. The van der Waals surface area contributed by atoms with Gasteiger partial charge in [0.15, 0.2) is 0 Å². The fourth-order valence-electron chi connectivity index (χ4n) is 3.06. The smallest absolute Gasteiger partial charge is 0.0630 e. The average Bonchev–Trinajstić information content (AvgIpc) is 2.89. The van der Waals surface area contributed by atoms with E-state index < -0.39 is 0 Å². The monoisotopic (exact) mass is 257 g/mol. The van der Waals surface area contributed by atoms with Crippen LogP contribution in [0.4, 0.5) is 0 Å². The van der Waals surface area contributed by atoms with Gasteiger partial charge in [0.1, 0.15) is 0 Å². The number of likely N-dealkylation sites (N-methyl/N-ethyl adjacent to an activating group) is 1. The minimum Gasteiger partial charge on any atom is -0.383 e. The van der Waals surface area contributed by atoms with Crippen LogP contribution >= 0.6 is 0 Å². The number of ether oxygens (including phenoxy) is 2. The van der Waals surface area contributed by atoms with Crippen molar-refractivity contribution in [1.82, 2.24) is 15.1 Å². The number of hydrogen-bond acceptors (Lipinski definition) is 5. The summed E-state index contributed by atoms with van der Waals surface area (Å²) in [6.07, 6.45) is 1.28. The van der Waals surface area contributed by atoms with Gasteiger partial charge in [-0.3, -0.25) is 9.80 Å². The third-order valence-corrected chi connectivity index (χ3v) is 4.07. The van der Waals surface area contributed by atoms with Crippen molar-refractivity contribution in [3.05, 3.63) is 0 Å². The lowest BCUT2D eigenvalue weighted by atomic mass is 10.2. The molecule has 0 aliphatic carbocycles. The summed E-state index contributed by atoms with van der Waals surface area (Å²) in [4.78, 5) is 5.16. The lowest BCUT2D eigenvalue weighted by Crippen LogP contribution is -2.47. The second kappa shape index (κ2) is 7.40. The van der Waals surface area contributed by atoms with Crippen LogP contribution in [0.15, 0.2) is 0 Å². The molecule has 18 heavy (non-hydrogen) atoms. The second-order valence-electron chi connectivity index (χ2n) is 5.25. The molecule has 0 aromatic carbocycles. The number of hydrogen-bond donors (Lipinski definition) is 1. The zero-order chi connectivity index (χ0) is 12.8. The number of rotatable bonds is 6. The predicted octanol–water partition coefficient (Wildman–Crippen LogP) is -0.373. The maximum atomic E-state index is 5.43. The topological polar surface area (TPSA) is 37.0 Å². The van der Waals surface area contributed by atoms with Crippen LogP contribution in [-0.2, 0) is 9.47 Å². The Bertz CT molecular complexity index is 228. The Kier molecular flexibility index (Phi) is 5.85. The Morgan fingerprint density at radius 3 is 2.78 bits per heavy atom. The van der Waals surface area contributed by atoms with E-state index in [1.165, 1.54) is 19.5 Å². The van der Waals surface area contributed by atoms with Crippen LogP contribution in [-0.4, -0.2) is 88.6 Å². The Morgan fingerprint density at radius 2 is 2.11 bits per heavy atom. The van der Waals surface area contributed by atoms with Gasteiger partial charge in [0.25, 0.3) is 0 Å². The van der Waals surface area contributed by atoms with E-state index in [0.29, 0.717) is 12.1 Å². The largest absolute Gasteiger partial charge is 0.383 e. The van der Waals surface area contributed by atoms with Gasteiger partial charge in [-0.05, 0) is 13.5 Å². The van der Waals surface area contributed by atoms with Crippen LogP contribution in [0.5, 0.6) is 0 Å². The minimum atomic E-state index is 0.506. The van der Waals surface area contributed by atoms with Gasteiger partial charge in [-0.15, -0.1) is 0 Å². The first-order valence-corrected chi connectivity index (χ1v) is 7.04. The molecule has 0 saturated carbocycles. The number of methoxy groups -OCH3 is 1. The number of nitrogens with one attached hydrogen (secondary N) is 1. The van der Waals surface area contributed by atoms with Gasteiger partial charge in [-0.1, -0.05) is 0 Å². The molecular formula is C13H27N3O2. The molecule has 0 bridgehead atoms. The van der Waals surface area contributed by atoms with Crippen LogP contribution < -0.4 is 5.32 Å². The van der Waals surface area contributed by atoms with Crippen molar-refractivity contribution in [3.63, 3.8) is 0 Å². The summed E-state index contributed by atoms with van der Waals surface area (Å²) >= 11 is 0. The van der Waals surface area contributed by atoms with Crippen molar-refractivity contribution in [2.45, 2.75) is 18.5 Å². The Morgan fingerprint density at radius 1 is 1.33 bits per heavy atom. The van der Waals surface area contributed by atoms with Crippen molar-refractivity contribution in [1.29, 1.82) is 0 Å². The summed E-state index contributed by atoms with van der Waals surface area (Å²) in [5, 5.41) is 3.27. The van der Waals surface area contributed by atoms with Gasteiger partial charge in [-0.2, -0.15) is 0 Å². The third-order valence-electron chi connectivity index (χ3n) is 4.07. The average molecular weight is 257 g/mol. The van der Waals surface area contributed by atoms with Crippen LogP contribution in [0.3, 0.4) is 0 Å². The SMILES string of the molecule is CNCC(COC)N1CCC(N2CCOCC2)C1. The second-order valence-corrected chi connectivity index (χ2v) is 5.25. The van der Waals surface area contributed by atoms with Crippen molar-refractivity contribution in [2.24, 2.45) is 0 Å². The van der Waals surface area contributed by atoms with Gasteiger partial charge >= 0.3 is 0 Å². The predicted molar refractivity (Wildman–Crippen MR) is 72.0 cm³/mol. The lowest BCUT2D eigenvalue weighted by Gasteiger charge is -2.33. The van der Waals surface area contributed by atoms with Crippen molar-refractivity contribution in [2.75, 3.05) is 66.7 Å². The maximum Gasteiger partial charge on any atom is 0.0630 e. The summed E-state index contributed by atoms with van der Waals surface area (Å²) in [6, 6.07) is 1.22. The first-order chi connectivity index (χ1) is 8.85. The van der Waals surface area contributed by atoms with E-state index in [1.54, 1.807) is 7.11 Å². The van der Waals surface area contributed by atoms with Crippen LogP contribution in [0, 0.1) is 0 Å². The van der Waals surface area contributed by atoms with E-state index in [4.69, 9.17) is 9.47 Å². The third kappa shape index (κ3) is 3.65. The van der Waals surface area contributed by atoms with Gasteiger partial charge in [-0.25, -0.2) is 0 Å². The van der Waals surface area contributed by atoms with Crippen molar-refractivity contribution in [3.8, 4) is 0 Å². The molecule has 1 N–H and O–H groups in total. The molecule has 5 nitrogen and oxygen atoms in total. The summed E-state index contributed by atoms with van der Waals surface area (Å²) in [5.41, 5.74) is 0. The molecule has 0 amide bonds. The molecule has 2 unspecified atom stereocenters. The number of nitrogens with zero attached hydrogens (tertiary/aromatic N) is 2. The van der Waals surface area contributed by atoms with E-state index in [2.05, 4.69) is 15.1 Å². The molecule has 2 atom stereocenters. The molecule has 2 fully saturated rings. The molecule has 0 aromatic rings. The van der Waals surface area contributed by atoms with Crippen LogP contribution in [0.2, 0.25) is 0 Å². The Balaban J connectivity index is 1.81. The zero-order valence-electron chi connectivity index (χ0n) is 11.7. The van der Waals surface area contributed by atoms with E-state index in [9.17, 15) is 0 Å². The summed E-state index contributed by atoms with van der Waals surface area (Å²) in [6.45, 7) is 8.18. The fraction of sp³-hybridized carbons (Fsp3) is 1.00. The molecule has 0 radical (unpaired) electrons. The quantitative estimate of drug-likeness (QED) is 0.702. The first kappa shape index (κ1) is 14.2. The molecular weight excluding hydrogens is 230 g/mol. The molecule has 106 valence electrons. The fourth-order valence-corrected chi connectivity index (χ4v) is 3.06. The van der Waals surface area contributed by atoms with Gasteiger partial charge in [0.2, 0.25) is 0 Å². The highest BCUT2D eigenvalue weighted by Gasteiger charge is 2.31. The van der Waals surface area contributed by atoms with Gasteiger partial charge < -0.3 is 14.8 Å². The molecule has 0 spiro atoms. The van der Waals surface area contributed by atoms with E-state index in [1.807, 2.05) is 7.05 Å². The molecule has 2 saturated heterocycles. The first-order valence-electron chi connectivity index (χ1n) is 7.04. The van der Waals surface area contributed by atoms with Gasteiger partial charge in [0.05, 0.1) is 19.8 Å². The van der Waals surface area contributed by atoms with Gasteiger partial charge in [0, 0.05) is 51.9 Å². The maximum absolute atomic E-state index is 5.43.